The predicted molar refractivity (Wildman–Crippen MR) is 128 cm³/mol. The SMILES string of the molecule is CCc1cc(OCc2ccc(-c3ccccc3-c3nnn[nH]3)cc2)c2cc(F)ccc2n1.Cl. The molecule has 0 aliphatic carbocycles. The summed E-state index contributed by atoms with van der Waals surface area (Å²) in [6, 6.07) is 22.6. The molecule has 0 radical (unpaired) electrons. The summed E-state index contributed by atoms with van der Waals surface area (Å²) in [5.74, 6) is 0.952. The van der Waals surface area contributed by atoms with E-state index < -0.39 is 0 Å². The molecule has 2 heterocycles. The number of ether oxygens (including phenoxy) is 1. The highest BCUT2D eigenvalue weighted by atomic mass is 35.5. The summed E-state index contributed by atoms with van der Waals surface area (Å²) >= 11 is 0. The molecule has 0 bridgehead atoms. The molecule has 5 aromatic rings. The van der Waals surface area contributed by atoms with E-state index in [1.807, 2.05) is 61.5 Å². The fraction of sp³-hybridized carbons (Fsp3) is 0.120. The van der Waals surface area contributed by atoms with Gasteiger partial charge in [0.1, 0.15) is 18.2 Å². The number of rotatable bonds is 6. The van der Waals surface area contributed by atoms with Gasteiger partial charge in [0.05, 0.1) is 5.52 Å². The number of aromatic amines is 1. The van der Waals surface area contributed by atoms with Gasteiger partial charge in [-0.15, -0.1) is 17.5 Å². The molecule has 5 rings (SSSR count). The van der Waals surface area contributed by atoms with Crippen LogP contribution in [-0.2, 0) is 13.0 Å². The number of aromatic nitrogens is 5. The van der Waals surface area contributed by atoms with E-state index in [0.717, 1.165) is 39.9 Å². The van der Waals surface area contributed by atoms with Gasteiger partial charge >= 0.3 is 0 Å². The topological polar surface area (TPSA) is 76.6 Å². The Kier molecular flexibility index (Phi) is 6.60. The Morgan fingerprint density at radius 3 is 2.45 bits per heavy atom. The van der Waals surface area contributed by atoms with Gasteiger partial charge in [-0.25, -0.2) is 9.49 Å². The summed E-state index contributed by atoms with van der Waals surface area (Å²) in [7, 11) is 0. The molecule has 0 unspecified atom stereocenters. The fourth-order valence-corrected chi connectivity index (χ4v) is 3.68. The maximum Gasteiger partial charge on any atom is 0.180 e. The second kappa shape index (κ2) is 9.75. The first-order chi connectivity index (χ1) is 15.7. The second-order valence-electron chi connectivity index (χ2n) is 7.41. The second-order valence-corrected chi connectivity index (χ2v) is 7.41. The highest BCUT2D eigenvalue weighted by Crippen LogP contribution is 2.31. The highest BCUT2D eigenvalue weighted by molar-refractivity contribution is 5.86. The molecule has 0 aliphatic heterocycles. The van der Waals surface area contributed by atoms with Crippen LogP contribution in [0.5, 0.6) is 5.75 Å². The Labute approximate surface area is 196 Å². The van der Waals surface area contributed by atoms with Gasteiger partial charge in [0.15, 0.2) is 5.82 Å². The van der Waals surface area contributed by atoms with E-state index >= 15 is 0 Å². The van der Waals surface area contributed by atoms with Crippen molar-refractivity contribution >= 4 is 23.3 Å². The van der Waals surface area contributed by atoms with Crippen molar-refractivity contribution in [1.29, 1.82) is 0 Å². The van der Waals surface area contributed by atoms with Gasteiger partial charge < -0.3 is 4.74 Å². The number of nitrogens with one attached hydrogen (secondary N) is 1. The third-order valence-corrected chi connectivity index (χ3v) is 5.33. The van der Waals surface area contributed by atoms with Gasteiger partial charge in [0, 0.05) is 22.7 Å². The van der Waals surface area contributed by atoms with Crippen LogP contribution < -0.4 is 4.74 Å². The van der Waals surface area contributed by atoms with E-state index in [9.17, 15) is 4.39 Å². The maximum atomic E-state index is 13.8. The highest BCUT2D eigenvalue weighted by Gasteiger charge is 2.11. The first-order valence-electron chi connectivity index (χ1n) is 10.4. The Morgan fingerprint density at radius 2 is 1.73 bits per heavy atom. The number of fused-ring (bicyclic) bond motifs is 1. The largest absolute Gasteiger partial charge is 0.488 e. The zero-order valence-electron chi connectivity index (χ0n) is 17.8. The third-order valence-electron chi connectivity index (χ3n) is 5.33. The normalized spacial score (nSPS) is 10.7. The summed E-state index contributed by atoms with van der Waals surface area (Å²) in [5, 5.41) is 14.9. The molecule has 0 fully saturated rings. The van der Waals surface area contributed by atoms with Crippen LogP contribution in [0.4, 0.5) is 4.39 Å². The van der Waals surface area contributed by atoms with Crippen LogP contribution >= 0.6 is 12.4 Å². The van der Waals surface area contributed by atoms with Crippen LogP contribution in [0.25, 0.3) is 33.4 Å². The number of H-pyrrole nitrogens is 1. The summed E-state index contributed by atoms with van der Waals surface area (Å²) in [5.41, 5.74) is 5.65. The molecule has 3 aromatic carbocycles. The minimum absolute atomic E-state index is 0. The lowest BCUT2D eigenvalue weighted by Crippen LogP contribution is -1.99. The van der Waals surface area contributed by atoms with Crippen LogP contribution in [-0.4, -0.2) is 25.6 Å². The molecule has 1 N–H and O–H groups in total. The van der Waals surface area contributed by atoms with Crippen LogP contribution in [0, 0.1) is 5.82 Å². The van der Waals surface area contributed by atoms with Crippen molar-refractivity contribution in [3.05, 3.63) is 89.9 Å². The smallest absolute Gasteiger partial charge is 0.180 e. The standard InChI is InChI=1S/C25H20FN5O.ClH/c1-2-19-14-24(22-13-18(26)11-12-23(22)27-19)32-15-16-7-9-17(10-8-16)20-5-3-4-6-21(20)25-28-30-31-29-25;/h3-14H,2,15H2,1H3,(H,28,29,30,31);1H. The van der Waals surface area contributed by atoms with E-state index in [0.29, 0.717) is 23.6 Å². The van der Waals surface area contributed by atoms with Gasteiger partial charge in [-0.3, -0.25) is 4.98 Å². The molecule has 0 aliphatic rings. The van der Waals surface area contributed by atoms with Crippen molar-refractivity contribution in [3.8, 4) is 28.3 Å². The number of nitrogens with zero attached hydrogens (tertiary/aromatic N) is 4. The average molecular weight is 462 g/mol. The Balaban J connectivity index is 0.00000259. The number of hydrogen-bond acceptors (Lipinski definition) is 5. The van der Waals surface area contributed by atoms with Crippen LogP contribution in [0.2, 0.25) is 0 Å². The van der Waals surface area contributed by atoms with Gasteiger partial charge in [-0.1, -0.05) is 55.5 Å². The lowest BCUT2D eigenvalue weighted by molar-refractivity contribution is 0.309. The number of benzene rings is 3. The molecule has 2 aromatic heterocycles. The van der Waals surface area contributed by atoms with Crippen molar-refractivity contribution in [3.63, 3.8) is 0 Å². The molecular formula is C25H21ClFN5O. The molecule has 166 valence electrons. The number of pyridine rings is 1. The average Bonchev–Trinajstić information content (AvgIpc) is 3.38. The Morgan fingerprint density at radius 1 is 0.939 bits per heavy atom. The van der Waals surface area contributed by atoms with Crippen molar-refractivity contribution in [2.45, 2.75) is 20.0 Å². The molecule has 0 amide bonds. The summed E-state index contributed by atoms with van der Waals surface area (Å²) in [6.45, 7) is 2.40. The first kappa shape index (κ1) is 22.4. The van der Waals surface area contributed by atoms with Crippen molar-refractivity contribution in [1.82, 2.24) is 25.6 Å². The van der Waals surface area contributed by atoms with Gasteiger partial charge in [0.25, 0.3) is 0 Å². The summed E-state index contributed by atoms with van der Waals surface area (Å²) < 4.78 is 19.9. The summed E-state index contributed by atoms with van der Waals surface area (Å²) in [4.78, 5) is 4.56. The zero-order chi connectivity index (χ0) is 21.9. The molecule has 33 heavy (non-hydrogen) atoms. The molecule has 0 spiro atoms. The molecule has 0 saturated heterocycles. The van der Waals surface area contributed by atoms with Crippen LogP contribution in [0.15, 0.2) is 72.8 Å². The summed E-state index contributed by atoms with van der Waals surface area (Å²) in [6.07, 6.45) is 0.776. The predicted octanol–water partition coefficient (Wildman–Crippen LogP) is 5.78. The monoisotopic (exact) mass is 461 g/mol. The molecule has 0 atom stereocenters. The van der Waals surface area contributed by atoms with E-state index in [-0.39, 0.29) is 18.2 Å². The van der Waals surface area contributed by atoms with E-state index in [1.165, 1.54) is 12.1 Å². The lowest BCUT2D eigenvalue weighted by atomic mass is 9.98. The third kappa shape index (κ3) is 4.68. The van der Waals surface area contributed by atoms with Gasteiger partial charge in [0.2, 0.25) is 0 Å². The van der Waals surface area contributed by atoms with E-state index in [1.54, 1.807) is 6.07 Å². The van der Waals surface area contributed by atoms with Crippen molar-refractivity contribution < 1.29 is 9.13 Å². The van der Waals surface area contributed by atoms with Crippen LogP contribution in [0.1, 0.15) is 18.2 Å². The number of hydrogen-bond donors (Lipinski definition) is 1. The minimum atomic E-state index is -0.307. The van der Waals surface area contributed by atoms with Crippen molar-refractivity contribution in [2.75, 3.05) is 0 Å². The molecular weight excluding hydrogens is 441 g/mol. The zero-order valence-corrected chi connectivity index (χ0v) is 18.6. The molecule has 6 nitrogen and oxygen atoms in total. The van der Waals surface area contributed by atoms with E-state index in [4.69, 9.17) is 4.74 Å². The molecule has 0 saturated carbocycles. The molecule has 8 heteroatoms. The number of halogens is 2. The Bertz CT molecular complexity index is 1370. The number of aryl methyl sites for hydroxylation is 1. The number of tetrazole rings is 1. The van der Waals surface area contributed by atoms with E-state index in [2.05, 4.69) is 25.6 Å². The lowest BCUT2D eigenvalue weighted by Gasteiger charge is -2.12. The minimum Gasteiger partial charge on any atom is -0.488 e. The Hall–Kier alpha value is -3.84. The fourth-order valence-electron chi connectivity index (χ4n) is 3.68. The van der Waals surface area contributed by atoms with Crippen molar-refractivity contribution in [2.24, 2.45) is 0 Å². The van der Waals surface area contributed by atoms with Crippen LogP contribution in [0.3, 0.4) is 0 Å². The maximum absolute atomic E-state index is 13.8. The van der Waals surface area contributed by atoms with Gasteiger partial charge in [-0.05, 0) is 51.7 Å². The van der Waals surface area contributed by atoms with Gasteiger partial charge in [-0.2, -0.15) is 0 Å². The first-order valence-corrected chi connectivity index (χ1v) is 10.4. The quantitative estimate of drug-likeness (QED) is 0.346.